The molecule has 0 atom stereocenters. The van der Waals surface area contributed by atoms with Gasteiger partial charge in [-0.1, -0.05) is 30.3 Å². The van der Waals surface area contributed by atoms with E-state index in [9.17, 15) is 9.59 Å². The number of hydrogen-bond acceptors (Lipinski definition) is 5. The molecule has 2 heterocycles. The number of furan rings is 1. The Balaban J connectivity index is 1.61. The fraction of sp³-hybridized carbons (Fsp3) is 0.238. The number of nitrogens with zero attached hydrogens (tertiary/aromatic N) is 3. The zero-order valence-electron chi connectivity index (χ0n) is 15.7. The van der Waals surface area contributed by atoms with Crippen LogP contribution in [0.2, 0.25) is 0 Å². The van der Waals surface area contributed by atoms with E-state index in [1.807, 2.05) is 30.3 Å². The van der Waals surface area contributed by atoms with Gasteiger partial charge in [0.05, 0.1) is 24.7 Å². The number of benzene rings is 1. The number of nitrogens with one attached hydrogen (secondary N) is 1. The Morgan fingerprint density at radius 1 is 1.07 bits per heavy atom. The highest BCUT2D eigenvalue weighted by atomic mass is 16.3. The highest BCUT2D eigenvalue weighted by molar-refractivity contribution is 5.92. The van der Waals surface area contributed by atoms with Gasteiger partial charge in [0.25, 0.3) is 5.91 Å². The van der Waals surface area contributed by atoms with E-state index in [1.54, 1.807) is 36.4 Å². The van der Waals surface area contributed by atoms with Crippen LogP contribution < -0.4 is 5.32 Å². The molecule has 0 aliphatic carbocycles. The average Bonchev–Trinajstić information content (AvgIpc) is 3.23. The lowest BCUT2D eigenvalue weighted by Crippen LogP contribution is -2.35. The quantitative estimate of drug-likeness (QED) is 0.651. The first-order valence-electron chi connectivity index (χ1n) is 9.03. The summed E-state index contributed by atoms with van der Waals surface area (Å²) in [5, 5.41) is 2.87. The average molecular weight is 378 g/mol. The molecule has 0 radical (unpaired) electrons. The Morgan fingerprint density at radius 2 is 1.89 bits per heavy atom. The second kappa shape index (κ2) is 9.45. The van der Waals surface area contributed by atoms with Crippen LogP contribution in [0, 0.1) is 6.92 Å². The van der Waals surface area contributed by atoms with Crippen LogP contribution in [0.5, 0.6) is 0 Å². The Bertz CT molecular complexity index is 893. The van der Waals surface area contributed by atoms with Crippen LogP contribution in [0.15, 0.2) is 65.5 Å². The standard InChI is InChI=1S/C21H22N4O3/c1-16-12-23-19(14-22-16)21(27)25(15-18-8-5-11-28-18)10-9-20(26)24-13-17-6-3-2-4-7-17/h2-8,11-12,14H,9-10,13,15H2,1H3,(H,24,26). The smallest absolute Gasteiger partial charge is 0.274 e. The maximum atomic E-state index is 12.8. The number of amides is 2. The normalized spacial score (nSPS) is 10.5. The first kappa shape index (κ1) is 19.3. The van der Waals surface area contributed by atoms with Gasteiger partial charge in [-0.25, -0.2) is 4.98 Å². The molecule has 3 aromatic rings. The Morgan fingerprint density at radius 3 is 2.57 bits per heavy atom. The van der Waals surface area contributed by atoms with Crippen molar-refractivity contribution >= 4 is 11.8 Å². The lowest BCUT2D eigenvalue weighted by Gasteiger charge is -2.21. The van der Waals surface area contributed by atoms with Gasteiger partial charge >= 0.3 is 0 Å². The SMILES string of the molecule is Cc1cnc(C(=O)N(CCC(=O)NCc2ccccc2)Cc2ccco2)cn1. The van der Waals surface area contributed by atoms with Crippen molar-refractivity contribution in [2.24, 2.45) is 0 Å². The summed E-state index contributed by atoms with van der Waals surface area (Å²) in [6.45, 7) is 2.76. The molecule has 7 nitrogen and oxygen atoms in total. The zero-order chi connectivity index (χ0) is 19.8. The number of carbonyl (C=O) groups is 2. The Labute approximate surface area is 163 Å². The third-order valence-electron chi connectivity index (χ3n) is 4.16. The topological polar surface area (TPSA) is 88.3 Å². The number of rotatable bonds is 8. The third kappa shape index (κ3) is 5.51. The molecule has 144 valence electrons. The maximum absolute atomic E-state index is 12.8. The summed E-state index contributed by atoms with van der Waals surface area (Å²) in [5.74, 6) is 0.217. The predicted molar refractivity (Wildman–Crippen MR) is 103 cm³/mol. The molecule has 2 aromatic heterocycles. The van der Waals surface area contributed by atoms with Crippen LogP contribution in [0.4, 0.5) is 0 Å². The van der Waals surface area contributed by atoms with E-state index in [1.165, 1.54) is 6.20 Å². The van der Waals surface area contributed by atoms with Crippen molar-refractivity contribution in [3.63, 3.8) is 0 Å². The van der Waals surface area contributed by atoms with Crippen molar-refractivity contribution in [1.29, 1.82) is 0 Å². The van der Waals surface area contributed by atoms with Crippen molar-refractivity contribution < 1.29 is 14.0 Å². The zero-order valence-corrected chi connectivity index (χ0v) is 15.7. The number of hydrogen-bond donors (Lipinski definition) is 1. The van der Waals surface area contributed by atoms with Gasteiger partial charge in [0, 0.05) is 25.7 Å². The Kier molecular flexibility index (Phi) is 6.51. The summed E-state index contributed by atoms with van der Waals surface area (Å²) < 4.78 is 5.35. The maximum Gasteiger partial charge on any atom is 0.274 e. The van der Waals surface area contributed by atoms with Gasteiger partial charge in [-0.05, 0) is 24.6 Å². The lowest BCUT2D eigenvalue weighted by molar-refractivity contribution is -0.121. The molecule has 3 rings (SSSR count). The van der Waals surface area contributed by atoms with Gasteiger partial charge in [-0.3, -0.25) is 14.6 Å². The second-order valence-electron chi connectivity index (χ2n) is 6.36. The molecule has 1 N–H and O–H groups in total. The number of aryl methyl sites for hydroxylation is 1. The van der Waals surface area contributed by atoms with E-state index in [0.717, 1.165) is 11.3 Å². The van der Waals surface area contributed by atoms with Crippen LogP contribution >= 0.6 is 0 Å². The van der Waals surface area contributed by atoms with Gasteiger partial charge < -0.3 is 14.6 Å². The van der Waals surface area contributed by atoms with E-state index in [4.69, 9.17) is 4.42 Å². The molecule has 0 unspecified atom stereocenters. The molecule has 0 aliphatic rings. The largest absolute Gasteiger partial charge is 0.467 e. The third-order valence-corrected chi connectivity index (χ3v) is 4.16. The Hall–Kier alpha value is -3.48. The summed E-state index contributed by atoms with van der Waals surface area (Å²) in [7, 11) is 0. The fourth-order valence-corrected chi connectivity index (χ4v) is 2.63. The van der Waals surface area contributed by atoms with Gasteiger partial charge in [-0.15, -0.1) is 0 Å². The van der Waals surface area contributed by atoms with E-state index in [-0.39, 0.29) is 37.0 Å². The molecule has 0 aliphatic heterocycles. The van der Waals surface area contributed by atoms with Crippen molar-refractivity contribution in [2.45, 2.75) is 26.4 Å². The summed E-state index contributed by atoms with van der Waals surface area (Å²) >= 11 is 0. The van der Waals surface area contributed by atoms with Gasteiger partial charge in [-0.2, -0.15) is 0 Å². The van der Waals surface area contributed by atoms with E-state index < -0.39 is 0 Å². The molecular formula is C21H22N4O3. The molecule has 28 heavy (non-hydrogen) atoms. The van der Waals surface area contributed by atoms with Crippen LogP contribution in [0.25, 0.3) is 0 Å². The van der Waals surface area contributed by atoms with E-state index >= 15 is 0 Å². The van der Waals surface area contributed by atoms with Crippen molar-refractivity contribution in [1.82, 2.24) is 20.2 Å². The van der Waals surface area contributed by atoms with Crippen molar-refractivity contribution in [3.05, 3.63) is 83.8 Å². The summed E-state index contributed by atoms with van der Waals surface area (Å²) in [6.07, 6.45) is 4.72. The predicted octanol–water partition coefficient (Wildman–Crippen LogP) is 2.73. The van der Waals surface area contributed by atoms with E-state index in [0.29, 0.717) is 12.3 Å². The first-order valence-corrected chi connectivity index (χ1v) is 9.03. The van der Waals surface area contributed by atoms with Crippen molar-refractivity contribution in [3.8, 4) is 0 Å². The molecule has 7 heteroatoms. The van der Waals surface area contributed by atoms with Gasteiger partial charge in [0.2, 0.25) is 5.91 Å². The minimum Gasteiger partial charge on any atom is -0.467 e. The lowest BCUT2D eigenvalue weighted by atomic mass is 10.2. The van der Waals surface area contributed by atoms with Crippen LogP contribution in [0.3, 0.4) is 0 Å². The van der Waals surface area contributed by atoms with Crippen molar-refractivity contribution in [2.75, 3.05) is 6.54 Å². The minimum absolute atomic E-state index is 0.129. The van der Waals surface area contributed by atoms with Crippen LogP contribution in [-0.4, -0.2) is 33.2 Å². The van der Waals surface area contributed by atoms with E-state index in [2.05, 4.69) is 15.3 Å². The fourth-order valence-electron chi connectivity index (χ4n) is 2.63. The monoisotopic (exact) mass is 378 g/mol. The minimum atomic E-state index is -0.292. The van der Waals surface area contributed by atoms with Gasteiger partial charge in [0.15, 0.2) is 0 Å². The molecular weight excluding hydrogens is 356 g/mol. The van der Waals surface area contributed by atoms with Crippen LogP contribution in [-0.2, 0) is 17.9 Å². The highest BCUT2D eigenvalue weighted by Crippen LogP contribution is 2.10. The molecule has 2 amide bonds. The molecule has 0 bridgehead atoms. The summed E-state index contributed by atoms with van der Waals surface area (Å²) in [4.78, 5) is 34.9. The molecule has 0 fully saturated rings. The van der Waals surface area contributed by atoms with Crippen LogP contribution in [0.1, 0.15) is 33.9 Å². The summed E-state index contributed by atoms with van der Waals surface area (Å²) in [5.41, 5.74) is 1.99. The summed E-state index contributed by atoms with van der Waals surface area (Å²) in [6, 6.07) is 13.2. The molecule has 0 saturated heterocycles. The second-order valence-corrected chi connectivity index (χ2v) is 6.36. The van der Waals surface area contributed by atoms with Gasteiger partial charge in [0.1, 0.15) is 11.5 Å². The number of aromatic nitrogens is 2. The number of carbonyl (C=O) groups excluding carboxylic acids is 2. The molecule has 0 spiro atoms. The molecule has 1 aromatic carbocycles. The highest BCUT2D eigenvalue weighted by Gasteiger charge is 2.20. The molecule has 0 saturated carbocycles. The first-order chi connectivity index (χ1) is 13.6.